The van der Waals surface area contributed by atoms with Crippen LogP contribution in [0.1, 0.15) is 30.9 Å². The van der Waals surface area contributed by atoms with Gasteiger partial charge in [-0.3, -0.25) is 4.79 Å². The Hall–Kier alpha value is -1.16. The number of ether oxygens (including phenoxy) is 1. The molecule has 0 aromatic heterocycles. The van der Waals surface area contributed by atoms with Gasteiger partial charge in [0.15, 0.2) is 0 Å². The van der Waals surface area contributed by atoms with E-state index in [0.29, 0.717) is 12.5 Å². The minimum atomic E-state index is -0.0600. The van der Waals surface area contributed by atoms with Crippen LogP contribution >= 0.6 is 12.6 Å². The topological polar surface area (TPSA) is 38.3 Å². The summed E-state index contributed by atoms with van der Waals surface area (Å²) >= 11 is 3.91. The van der Waals surface area contributed by atoms with Crippen LogP contribution in [0.5, 0.6) is 5.75 Å². The van der Waals surface area contributed by atoms with Gasteiger partial charge in [0.1, 0.15) is 5.75 Å². The van der Waals surface area contributed by atoms with E-state index in [0.717, 1.165) is 16.9 Å². The van der Waals surface area contributed by atoms with Crippen LogP contribution in [0.3, 0.4) is 0 Å². The van der Waals surface area contributed by atoms with Gasteiger partial charge < -0.3 is 10.1 Å². The Morgan fingerprint density at radius 3 is 2.71 bits per heavy atom. The van der Waals surface area contributed by atoms with Crippen molar-refractivity contribution in [3.05, 3.63) is 29.3 Å². The fraction of sp³-hybridized carbons (Fsp3) is 0.462. The predicted octanol–water partition coefficient (Wildman–Crippen LogP) is 2.36. The van der Waals surface area contributed by atoms with Gasteiger partial charge in [-0.1, -0.05) is 26.0 Å². The highest BCUT2D eigenvalue weighted by atomic mass is 32.1. The molecule has 1 aromatic rings. The van der Waals surface area contributed by atoms with Gasteiger partial charge in [0.25, 0.3) is 0 Å². The van der Waals surface area contributed by atoms with Crippen molar-refractivity contribution in [1.29, 1.82) is 0 Å². The number of amides is 1. The molecule has 1 N–H and O–H groups in total. The van der Waals surface area contributed by atoms with E-state index >= 15 is 0 Å². The minimum Gasteiger partial charge on any atom is -0.496 e. The lowest BCUT2D eigenvalue weighted by Gasteiger charge is -2.13. The van der Waals surface area contributed by atoms with Crippen LogP contribution in [0.2, 0.25) is 0 Å². The molecular weight excluding hydrogens is 234 g/mol. The molecule has 17 heavy (non-hydrogen) atoms. The summed E-state index contributed by atoms with van der Waals surface area (Å²) in [5.74, 6) is 1.44. The molecule has 1 amide bonds. The van der Waals surface area contributed by atoms with Crippen molar-refractivity contribution in [1.82, 2.24) is 5.32 Å². The van der Waals surface area contributed by atoms with Crippen LogP contribution in [-0.4, -0.2) is 18.8 Å². The van der Waals surface area contributed by atoms with E-state index in [9.17, 15) is 4.79 Å². The second kappa shape index (κ2) is 6.55. The van der Waals surface area contributed by atoms with E-state index in [4.69, 9.17) is 4.74 Å². The lowest BCUT2D eigenvalue weighted by atomic mass is 9.99. The zero-order valence-electron chi connectivity index (χ0n) is 10.5. The van der Waals surface area contributed by atoms with Crippen LogP contribution in [0, 0.1) is 0 Å². The molecule has 0 heterocycles. The summed E-state index contributed by atoms with van der Waals surface area (Å²) in [6, 6.07) is 5.98. The maximum absolute atomic E-state index is 11.1. The van der Waals surface area contributed by atoms with Crippen molar-refractivity contribution in [2.75, 3.05) is 12.9 Å². The van der Waals surface area contributed by atoms with Crippen molar-refractivity contribution < 1.29 is 9.53 Å². The SMILES string of the molecule is COc1ccc(CNC(=O)CS)cc1C(C)C. The summed E-state index contributed by atoms with van der Waals surface area (Å²) in [5, 5.41) is 2.80. The van der Waals surface area contributed by atoms with Crippen LogP contribution in [0.15, 0.2) is 18.2 Å². The third kappa shape index (κ3) is 3.97. The molecule has 0 aliphatic heterocycles. The fourth-order valence-corrected chi connectivity index (χ4v) is 1.71. The standard InChI is InChI=1S/C13H19NO2S/c1-9(2)11-6-10(4-5-12(11)16-3)7-14-13(15)8-17/h4-6,9,17H,7-8H2,1-3H3,(H,14,15). The Balaban J connectivity index is 2.81. The number of benzene rings is 1. The molecule has 0 saturated heterocycles. The Labute approximate surface area is 108 Å². The summed E-state index contributed by atoms with van der Waals surface area (Å²) in [6.07, 6.45) is 0. The lowest BCUT2D eigenvalue weighted by molar-refractivity contribution is -0.118. The van der Waals surface area contributed by atoms with Gasteiger partial charge in [-0.25, -0.2) is 0 Å². The van der Waals surface area contributed by atoms with E-state index in [1.165, 1.54) is 0 Å². The van der Waals surface area contributed by atoms with Crippen LogP contribution in [-0.2, 0) is 11.3 Å². The third-order valence-corrected chi connectivity index (χ3v) is 2.84. The first-order valence-electron chi connectivity index (χ1n) is 5.62. The lowest BCUT2D eigenvalue weighted by Crippen LogP contribution is -2.23. The van der Waals surface area contributed by atoms with E-state index in [1.807, 2.05) is 12.1 Å². The average molecular weight is 253 g/mol. The van der Waals surface area contributed by atoms with E-state index < -0.39 is 0 Å². The van der Waals surface area contributed by atoms with Crippen molar-refractivity contribution in [2.24, 2.45) is 0 Å². The quantitative estimate of drug-likeness (QED) is 0.791. The molecule has 0 bridgehead atoms. The molecule has 1 rings (SSSR count). The second-order valence-corrected chi connectivity index (χ2v) is 4.48. The molecule has 0 atom stereocenters. The molecular formula is C13H19NO2S. The highest BCUT2D eigenvalue weighted by Crippen LogP contribution is 2.27. The number of hydrogen-bond acceptors (Lipinski definition) is 3. The number of carbonyl (C=O) groups excluding carboxylic acids is 1. The summed E-state index contributed by atoms with van der Waals surface area (Å²) in [7, 11) is 1.67. The smallest absolute Gasteiger partial charge is 0.229 e. The Morgan fingerprint density at radius 1 is 1.47 bits per heavy atom. The predicted molar refractivity (Wildman–Crippen MR) is 72.8 cm³/mol. The molecule has 0 aliphatic carbocycles. The number of thiol groups is 1. The molecule has 0 spiro atoms. The van der Waals surface area contributed by atoms with Crippen molar-refractivity contribution in [3.8, 4) is 5.75 Å². The zero-order valence-corrected chi connectivity index (χ0v) is 11.4. The number of nitrogens with one attached hydrogen (secondary N) is 1. The maximum atomic E-state index is 11.1. The van der Waals surface area contributed by atoms with E-state index in [1.54, 1.807) is 7.11 Å². The monoisotopic (exact) mass is 253 g/mol. The number of methoxy groups -OCH3 is 1. The average Bonchev–Trinajstić information content (AvgIpc) is 2.35. The normalized spacial score (nSPS) is 10.4. The Kier molecular flexibility index (Phi) is 5.35. The first-order chi connectivity index (χ1) is 8.08. The molecule has 0 aliphatic rings. The van der Waals surface area contributed by atoms with Gasteiger partial charge in [0.2, 0.25) is 5.91 Å². The zero-order chi connectivity index (χ0) is 12.8. The number of rotatable bonds is 5. The third-order valence-electron chi connectivity index (χ3n) is 2.55. The molecule has 1 aromatic carbocycles. The van der Waals surface area contributed by atoms with Gasteiger partial charge in [0, 0.05) is 6.54 Å². The summed E-state index contributed by atoms with van der Waals surface area (Å²) in [4.78, 5) is 11.1. The Morgan fingerprint density at radius 2 is 2.18 bits per heavy atom. The maximum Gasteiger partial charge on any atom is 0.229 e. The molecule has 94 valence electrons. The van der Waals surface area contributed by atoms with Gasteiger partial charge in [-0.2, -0.15) is 12.6 Å². The second-order valence-electron chi connectivity index (χ2n) is 4.17. The summed E-state index contributed by atoms with van der Waals surface area (Å²) in [6.45, 7) is 4.77. The molecule has 0 unspecified atom stereocenters. The molecule has 0 radical (unpaired) electrons. The molecule has 4 heteroatoms. The summed E-state index contributed by atoms with van der Waals surface area (Å²) in [5.41, 5.74) is 2.23. The molecule has 0 fully saturated rings. The van der Waals surface area contributed by atoms with Crippen LogP contribution < -0.4 is 10.1 Å². The number of carbonyl (C=O) groups is 1. The minimum absolute atomic E-state index is 0.0600. The summed E-state index contributed by atoms with van der Waals surface area (Å²) < 4.78 is 5.31. The van der Waals surface area contributed by atoms with Crippen molar-refractivity contribution in [2.45, 2.75) is 26.3 Å². The number of hydrogen-bond donors (Lipinski definition) is 2. The first kappa shape index (κ1) is 13.9. The fourth-order valence-electron chi connectivity index (χ4n) is 1.60. The molecule has 3 nitrogen and oxygen atoms in total. The Bertz CT molecular complexity index is 391. The highest BCUT2D eigenvalue weighted by Gasteiger charge is 2.08. The van der Waals surface area contributed by atoms with Gasteiger partial charge >= 0.3 is 0 Å². The largest absolute Gasteiger partial charge is 0.496 e. The van der Waals surface area contributed by atoms with E-state index in [-0.39, 0.29) is 11.7 Å². The van der Waals surface area contributed by atoms with Crippen LogP contribution in [0.4, 0.5) is 0 Å². The molecule has 0 saturated carbocycles. The van der Waals surface area contributed by atoms with Crippen molar-refractivity contribution >= 4 is 18.5 Å². The van der Waals surface area contributed by atoms with Gasteiger partial charge in [-0.15, -0.1) is 0 Å². The van der Waals surface area contributed by atoms with Crippen molar-refractivity contribution in [3.63, 3.8) is 0 Å². The van der Waals surface area contributed by atoms with Gasteiger partial charge in [0.05, 0.1) is 12.9 Å². The van der Waals surface area contributed by atoms with Gasteiger partial charge in [-0.05, 0) is 23.1 Å². The first-order valence-corrected chi connectivity index (χ1v) is 6.26. The van der Waals surface area contributed by atoms with Crippen LogP contribution in [0.25, 0.3) is 0 Å². The van der Waals surface area contributed by atoms with E-state index in [2.05, 4.69) is 37.9 Å². The highest BCUT2D eigenvalue weighted by molar-refractivity contribution is 7.81.